The van der Waals surface area contributed by atoms with E-state index in [2.05, 4.69) is 26.0 Å². The van der Waals surface area contributed by atoms with Gasteiger partial charge in [0.25, 0.3) is 0 Å². The first-order chi connectivity index (χ1) is 11.6. The van der Waals surface area contributed by atoms with Crippen LogP contribution in [0.1, 0.15) is 25.8 Å². The van der Waals surface area contributed by atoms with Gasteiger partial charge in [-0.25, -0.2) is 0 Å². The molecule has 124 valence electrons. The topological polar surface area (TPSA) is 29.5 Å². The molecule has 24 heavy (non-hydrogen) atoms. The van der Waals surface area contributed by atoms with Crippen LogP contribution in [-0.4, -0.2) is 23.4 Å². The molecule has 0 aliphatic carbocycles. The molecule has 2 unspecified atom stereocenters. The number of likely N-dealkylation sites (tertiary alicyclic amines) is 1. The van der Waals surface area contributed by atoms with Gasteiger partial charge in [-0.15, -0.1) is 0 Å². The van der Waals surface area contributed by atoms with Gasteiger partial charge in [0.05, 0.1) is 16.2 Å². The first-order valence-corrected chi connectivity index (χ1v) is 9.30. The molecule has 2 aliphatic heterocycles. The van der Waals surface area contributed by atoms with E-state index in [4.69, 9.17) is 4.74 Å². The van der Waals surface area contributed by atoms with E-state index in [1.165, 1.54) is 0 Å². The molecule has 2 aliphatic rings. The maximum atomic E-state index is 12.6. The largest absolute Gasteiger partial charge is 0.455 e. The number of rotatable bonds is 2. The molecule has 3 nitrogen and oxygen atoms in total. The van der Waals surface area contributed by atoms with Crippen molar-refractivity contribution in [2.45, 2.75) is 42.5 Å². The number of carbonyl (C=O) groups is 1. The van der Waals surface area contributed by atoms with E-state index in [9.17, 15) is 4.79 Å². The van der Waals surface area contributed by atoms with Crippen LogP contribution in [0.4, 0.5) is 0 Å². The first kappa shape index (κ1) is 15.6. The van der Waals surface area contributed by atoms with Crippen LogP contribution in [-0.2, 0) is 11.2 Å². The predicted octanol–water partition coefficient (Wildman–Crippen LogP) is 4.74. The van der Waals surface area contributed by atoms with Crippen molar-refractivity contribution in [3.63, 3.8) is 0 Å². The molecular formula is C20H21NO2S. The van der Waals surface area contributed by atoms with Crippen LogP contribution >= 0.6 is 11.8 Å². The maximum Gasteiger partial charge on any atom is 0.227 e. The van der Waals surface area contributed by atoms with E-state index < -0.39 is 0 Å². The number of amides is 1. The Kier molecular flexibility index (Phi) is 4.01. The van der Waals surface area contributed by atoms with E-state index in [0.717, 1.165) is 39.8 Å². The summed E-state index contributed by atoms with van der Waals surface area (Å²) in [5.41, 5.74) is 1.02. The quantitative estimate of drug-likeness (QED) is 0.675. The van der Waals surface area contributed by atoms with Crippen molar-refractivity contribution in [1.29, 1.82) is 0 Å². The zero-order valence-electron chi connectivity index (χ0n) is 14.0. The summed E-state index contributed by atoms with van der Waals surface area (Å²) in [5.74, 6) is 2.55. The van der Waals surface area contributed by atoms with Crippen molar-refractivity contribution < 1.29 is 9.53 Å². The second-order valence-corrected chi connectivity index (χ2v) is 7.79. The lowest BCUT2D eigenvalue weighted by Crippen LogP contribution is -2.36. The molecule has 0 radical (unpaired) electrons. The third-order valence-corrected chi connectivity index (χ3v) is 6.23. The number of nitrogens with zero attached hydrogens (tertiary/aromatic N) is 1. The zero-order chi connectivity index (χ0) is 16.7. The summed E-state index contributed by atoms with van der Waals surface area (Å²) in [4.78, 5) is 16.9. The Morgan fingerprint density at radius 3 is 2.75 bits per heavy atom. The molecule has 0 bridgehead atoms. The molecule has 0 saturated carbocycles. The lowest BCUT2D eigenvalue weighted by atomic mass is 10.0. The fourth-order valence-corrected chi connectivity index (χ4v) is 4.34. The molecule has 1 fully saturated rings. The second kappa shape index (κ2) is 6.17. The minimum absolute atomic E-state index is 0.218. The van der Waals surface area contributed by atoms with Crippen LogP contribution in [0.25, 0.3) is 0 Å². The summed E-state index contributed by atoms with van der Waals surface area (Å²) in [5, 5.41) is 0. The fraction of sp³-hybridized carbons (Fsp3) is 0.350. The molecule has 4 heteroatoms. The average Bonchev–Trinajstić information content (AvgIpc) is 2.92. The lowest BCUT2D eigenvalue weighted by Gasteiger charge is -2.24. The van der Waals surface area contributed by atoms with E-state index in [0.29, 0.717) is 18.4 Å². The lowest BCUT2D eigenvalue weighted by molar-refractivity contribution is -0.131. The average molecular weight is 339 g/mol. The van der Waals surface area contributed by atoms with Gasteiger partial charge in [0, 0.05) is 12.6 Å². The van der Waals surface area contributed by atoms with Gasteiger partial charge in [-0.05, 0) is 49.1 Å². The van der Waals surface area contributed by atoms with Crippen molar-refractivity contribution >= 4 is 17.7 Å². The van der Waals surface area contributed by atoms with Crippen LogP contribution in [0.2, 0.25) is 0 Å². The number of ether oxygens (including phenoxy) is 1. The van der Waals surface area contributed by atoms with Crippen LogP contribution < -0.4 is 4.74 Å². The van der Waals surface area contributed by atoms with Crippen LogP contribution in [0.15, 0.2) is 52.3 Å². The number of hydrogen-bond donors (Lipinski definition) is 0. The summed E-state index contributed by atoms with van der Waals surface area (Å²) in [6.45, 7) is 5.25. The van der Waals surface area contributed by atoms with Crippen LogP contribution in [0.5, 0.6) is 11.5 Å². The SMILES string of the molecule is CC1CCN(C(=O)Cc2ccc3c(c2)Oc2ccccc2S3)C1C. The molecule has 0 aromatic heterocycles. The number of benzene rings is 2. The second-order valence-electron chi connectivity index (χ2n) is 6.70. The summed E-state index contributed by atoms with van der Waals surface area (Å²) >= 11 is 1.72. The van der Waals surface area contributed by atoms with Crippen molar-refractivity contribution in [2.24, 2.45) is 5.92 Å². The third kappa shape index (κ3) is 2.80. The Morgan fingerprint density at radius 2 is 1.96 bits per heavy atom. The van der Waals surface area contributed by atoms with Gasteiger partial charge < -0.3 is 9.64 Å². The number of fused-ring (bicyclic) bond motifs is 2. The van der Waals surface area contributed by atoms with Gasteiger partial charge in [-0.3, -0.25) is 4.79 Å². The molecule has 4 rings (SSSR count). The van der Waals surface area contributed by atoms with Crippen LogP contribution in [0, 0.1) is 5.92 Å². The minimum Gasteiger partial charge on any atom is -0.455 e. The highest BCUT2D eigenvalue weighted by molar-refractivity contribution is 7.99. The summed E-state index contributed by atoms with van der Waals surface area (Å²) in [6.07, 6.45) is 1.55. The van der Waals surface area contributed by atoms with Gasteiger partial charge in [0.1, 0.15) is 11.5 Å². The fourth-order valence-electron chi connectivity index (χ4n) is 3.40. The highest BCUT2D eigenvalue weighted by Gasteiger charge is 2.30. The van der Waals surface area contributed by atoms with Crippen molar-refractivity contribution in [3.05, 3.63) is 48.0 Å². The maximum absolute atomic E-state index is 12.6. The molecular weight excluding hydrogens is 318 g/mol. The Morgan fingerprint density at radius 1 is 1.17 bits per heavy atom. The Labute approximate surface area is 147 Å². The van der Waals surface area contributed by atoms with E-state index in [1.807, 2.05) is 35.2 Å². The van der Waals surface area contributed by atoms with Gasteiger partial charge >= 0.3 is 0 Å². The molecule has 2 aromatic rings. The van der Waals surface area contributed by atoms with Crippen molar-refractivity contribution in [2.75, 3.05) is 6.54 Å². The van der Waals surface area contributed by atoms with Crippen molar-refractivity contribution in [3.8, 4) is 11.5 Å². The van der Waals surface area contributed by atoms with Crippen LogP contribution in [0.3, 0.4) is 0 Å². The monoisotopic (exact) mass is 339 g/mol. The Bertz CT molecular complexity index is 789. The highest BCUT2D eigenvalue weighted by atomic mass is 32.2. The number of carbonyl (C=O) groups excluding carboxylic acids is 1. The molecule has 2 aromatic carbocycles. The summed E-state index contributed by atoms with van der Waals surface area (Å²) < 4.78 is 6.02. The van der Waals surface area contributed by atoms with Gasteiger partial charge in [0.15, 0.2) is 0 Å². The highest BCUT2D eigenvalue weighted by Crippen LogP contribution is 2.47. The minimum atomic E-state index is 0.218. The molecule has 0 N–H and O–H groups in total. The smallest absolute Gasteiger partial charge is 0.227 e. The van der Waals surface area contributed by atoms with Gasteiger partial charge in [-0.2, -0.15) is 0 Å². The third-order valence-electron chi connectivity index (χ3n) is 5.11. The van der Waals surface area contributed by atoms with Gasteiger partial charge in [0.2, 0.25) is 5.91 Å². The normalized spacial score (nSPS) is 21.8. The molecule has 1 amide bonds. The summed E-state index contributed by atoms with van der Waals surface area (Å²) in [7, 11) is 0. The number of hydrogen-bond acceptors (Lipinski definition) is 3. The number of para-hydroxylation sites is 1. The molecule has 2 heterocycles. The molecule has 1 saturated heterocycles. The Hall–Kier alpha value is -1.94. The first-order valence-electron chi connectivity index (χ1n) is 8.49. The molecule has 0 spiro atoms. The van der Waals surface area contributed by atoms with E-state index in [1.54, 1.807) is 11.8 Å². The summed E-state index contributed by atoms with van der Waals surface area (Å²) in [6, 6.07) is 14.5. The van der Waals surface area contributed by atoms with E-state index in [-0.39, 0.29) is 5.91 Å². The predicted molar refractivity (Wildman–Crippen MR) is 95.7 cm³/mol. The zero-order valence-corrected chi connectivity index (χ0v) is 14.8. The van der Waals surface area contributed by atoms with E-state index >= 15 is 0 Å². The van der Waals surface area contributed by atoms with Crippen molar-refractivity contribution in [1.82, 2.24) is 4.90 Å². The molecule has 2 atom stereocenters. The standard InChI is InChI=1S/C20H21NO2S/c1-13-9-10-21(14(13)2)20(22)12-15-7-8-19-17(11-15)23-16-5-3-4-6-18(16)24-19/h3-8,11,13-14H,9-10,12H2,1-2H3. The van der Waals surface area contributed by atoms with Gasteiger partial charge in [-0.1, -0.05) is 36.9 Å². The Balaban J connectivity index is 1.52.